The average Bonchev–Trinajstić information content (AvgIpc) is 3.30. The lowest BCUT2D eigenvalue weighted by Crippen LogP contribution is -2.39. The molecule has 0 aliphatic carbocycles. The largest absolute Gasteiger partial charge is 0.383 e. The molecule has 0 spiro atoms. The lowest BCUT2D eigenvalue weighted by atomic mass is 10.3. The van der Waals surface area contributed by atoms with Gasteiger partial charge in [-0.3, -0.25) is 13.9 Å². The van der Waals surface area contributed by atoms with Gasteiger partial charge >= 0.3 is 5.69 Å². The predicted octanol–water partition coefficient (Wildman–Crippen LogP) is 1.61. The maximum atomic E-state index is 12.8. The van der Waals surface area contributed by atoms with Crippen molar-refractivity contribution in [1.82, 2.24) is 28.2 Å². The molecule has 0 aliphatic heterocycles. The first kappa shape index (κ1) is 20.4. The minimum absolute atomic E-state index is 0.301. The Balaban J connectivity index is 1.52. The number of para-hydroxylation sites is 2. The predicted molar refractivity (Wildman–Crippen MR) is 117 cm³/mol. The number of aryl methyl sites for hydroxylation is 2. The number of rotatable bonds is 8. The Morgan fingerprint density at radius 3 is 2.70 bits per heavy atom. The van der Waals surface area contributed by atoms with Gasteiger partial charge in [-0.05, 0) is 18.6 Å². The van der Waals surface area contributed by atoms with Crippen LogP contribution in [0, 0.1) is 0 Å². The number of imidazole rings is 2. The van der Waals surface area contributed by atoms with Gasteiger partial charge in [-0.15, -0.1) is 0 Å². The number of aromatic nitrogens is 6. The van der Waals surface area contributed by atoms with E-state index in [4.69, 9.17) is 9.72 Å². The molecule has 3 heterocycles. The fraction of sp³-hybridized carbons (Fsp3) is 0.400. The zero-order chi connectivity index (χ0) is 21.3. The Hall–Kier alpha value is -2.85. The summed E-state index contributed by atoms with van der Waals surface area (Å²) in [6, 6.07) is 8.02. The van der Waals surface area contributed by atoms with Gasteiger partial charge in [-0.25, -0.2) is 14.8 Å². The third kappa shape index (κ3) is 3.56. The van der Waals surface area contributed by atoms with Crippen molar-refractivity contribution in [1.29, 1.82) is 0 Å². The average molecular weight is 429 g/mol. The van der Waals surface area contributed by atoms with Crippen LogP contribution in [-0.4, -0.2) is 47.7 Å². The molecular weight excluding hydrogens is 404 g/mol. The summed E-state index contributed by atoms with van der Waals surface area (Å²) in [5, 5.41) is 0.913. The highest BCUT2D eigenvalue weighted by molar-refractivity contribution is 7.99. The smallest absolute Gasteiger partial charge is 0.332 e. The molecular formula is C20H24N6O3S. The molecule has 4 rings (SSSR count). The first-order valence-electron chi connectivity index (χ1n) is 9.70. The highest BCUT2D eigenvalue weighted by atomic mass is 32.2. The Bertz CT molecular complexity index is 1320. The molecule has 10 heteroatoms. The lowest BCUT2D eigenvalue weighted by molar-refractivity contribution is 0.186. The van der Waals surface area contributed by atoms with Crippen LogP contribution in [-0.2, 0) is 31.9 Å². The van der Waals surface area contributed by atoms with E-state index in [0.717, 1.165) is 28.5 Å². The maximum absolute atomic E-state index is 12.8. The van der Waals surface area contributed by atoms with Crippen molar-refractivity contribution in [3.8, 4) is 0 Å². The zero-order valence-electron chi connectivity index (χ0n) is 17.2. The van der Waals surface area contributed by atoms with Crippen LogP contribution in [0.4, 0.5) is 0 Å². The standard InChI is InChI=1S/C20H24N6O3S/c1-23-13-21-17-16(23)18(27)26(20(28)24(17)2)9-6-12-30-19-22-14-7-4-5-8-15(14)25(19)10-11-29-3/h4-5,7-8,13H,6,9-12H2,1-3H3. The molecule has 0 aliphatic rings. The van der Waals surface area contributed by atoms with Crippen molar-refractivity contribution < 1.29 is 4.74 Å². The van der Waals surface area contributed by atoms with Crippen LogP contribution in [0.5, 0.6) is 0 Å². The molecule has 0 N–H and O–H groups in total. The van der Waals surface area contributed by atoms with E-state index >= 15 is 0 Å². The van der Waals surface area contributed by atoms with E-state index in [0.29, 0.717) is 30.7 Å². The molecule has 0 saturated carbocycles. The maximum Gasteiger partial charge on any atom is 0.332 e. The third-order valence-electron chi connectivity index (χ3n) is 5.10. The molecule has 0 radical (unpaired) electrons. The van der Waals surface area contributed by atoms with E-state index in [1.54, 1.807) is 43.9 Å². The van der Waals surface area contributed by atoms with Crippen LogP contribution in [0.3, 0.4) is 0 Å². The van der Waals surface area contributed by atoms with E-state index in [2.05, 4.69) is 15.6 Å². The van der Waals surface area contributed by atoms with Crippen molar-refractivity contribution in [3.05, 3.63) is 51.4 Å². The minimum Gasteiger partial charge on any atom is -0.383 e. The zero-order valence-corrected chi connectivity index (χ0v) is 18.1. The monoisotopic (exact) mass is 428 g/mol. The number of hydrogen-bond donors (Lipinski definition) is 0. The Morgan fingerprint density at radius 2 is 1.90 bits per heavy atom. The number of hydrogen-bond acceptors (Lipinski definition) is 6. The van der Waals surface area contributed by atoms with E-state index in [1.807, 2.05) is 18.2 Å². The normalized spacial score (nSPS) is 11.7. The highest BCUT2D eigenvalue weighted by Gasteiger charge is 2.15. The third-order valence-corrected chi connectivity index (χ3v) is 6.16. The lowest BCUT2D eigenvalue weighted by Gasteiger charge is -2.10. The number of nitrogens with zero attached hydrogens (tertiary/aromatic N) is 6. The summed E-state index contributed by atoms with van der Waals surface area (Å²) in [6.07, 6.45) is 2.22. The summed E-state index contributed by atoms with van der Waals surface area (Å²) in [5.74, 6) is 0.731. The first-order chi connectivity index (χ1) is 14.5. The van der Waals surface area contributed by atoms with Gasteiger partial charge in [0.2, 0.25) is 0 Å². The molecule has 0 saturated heterocycles. The summed E-state index contributed by atoms with van der Waals surface area (Å²) in [5.41, 5.74) is 2.22. The van der Waals surface area contributed by atoms with Crippen LogP contribution in [0.1, 0.15) is 6.42 Å². The van der Waals surface area contributed by atoms with Crippen molar-refractivity contribution in [2.45, 2.75) is 24.7 Å². The number of ether oxygens (including phenoxy) is 1. The van der Waals surface area contributed by atoms with Crippen molar-refractivity contribution in [3.63, 3.8) is 0 Å². The Labute approximate surface area is 176 Å². The molecule has 0 amide bonds. The van der Waals surface area contributed by atoms with Crippen molar-refractivity contribution in [2.75, 3.05) is 19.5 Å². The van der Waals surface area contributed by atoms with Crippen LogP contribution in [0.15, 0.2) is 45.3 Å². The second-order valence-corrected chi connectivity index (χ2v) is 8.12. The highest BCUT2D eigenvalue weighted by Crippen LogP contribution is 2.24. The van der Waals surface area contributed by atoms with E-state index < -0.39 is 0 Å². The molecule has 9 nitrogen and oxygen atoms in total. The SMILES string of the molecule is COCCn1c(SCCCn2c(=O)c3c(ncn3C)n(C)c2=O)nc2ccccc21. The molecule has 1 aromatic carbocycles. The first-order valence-corrected chi connectivity index (χ1v) is 10.7. The van der Waals surface area contributed by atoms with Crippen LogP contribution in [0.25, 0.3) is 22.2 Å². The molecule has 0 bridgehead atoms. The molecule has 0 fully saturated rings. The fourth-order valence-corrected chi connectivity index (χ4v) is 4.51. The minimum atomic E-state index is -0.344. The van der Waals surface area contributed by atoms with E-state index in [9.17, 15) is 9.59 Å². The second-order valence-electron chi connectivity index (χ2n) is 7.06. The molecule has 158 valence electrons. The summed E-state index contributed by atoms with van der Waals surface area (Å²) in [4.78, 5) is 34.3. The van der Waals surface area contributed by atoms with Gasteiger partial charge in [0, 0.05) is 40.0 Å². The number of benzene rings is 1. The Kier molecular flexibility index (Phi) is 5.78. The van der Waals surface area contributed by atoms with Gasteiger partial charge in [-0.1, -0.05) is 23.9 Å². The van der Waals surface area contributed by atoms with E-state index in [1.165, 1.54) is 9.13 Å². The quantitative estimate of drug-likeness (QED) is 0.313. The molecule has 3 aromatic heterocycles. The second kappa shape index (κ2) is 8.49. The van der Waals surface area contributed by atoms with Gasteiger partial charge < -0.3 is 13.9 Å². The van der Waals surface area contributed by atoms with Gasteiger partial charge in [0.05, 0.1) is 24.0 Å². The summed E-state index contributed by atoms with van der Waals surface area (Å²) >= 11 is 1.62. The van der Waals surface area contributed by atoms with Gasteiger partial charge in [0.1, 0.15) is 0 Å². The number of thioether (sulfide) groups is 1. The van der Waals surface area contributed by atoms with Crippen LogP contribution < -0.4 is 11.2 Å². The van der Waals surface area contributed by atoms with Gasteiger partial charge in [0.15, 0.2) is 16.3 Å². The summed E-state index contributed by atoms with van der Waals surface area (Å²) < 4.78 is 11.8. The molecule has 4 aromatic rings. The molecule has 0 unspecified atom stereocenters. The van der Waals surface area contributed by atoms with Gasteiger partial charge in [0.25, 0.3) is 5.56 Å². The van der Waals surface area contributed by atoms with E-state index in [-0.39, 0.29) is 11.2 Å². The Morgan fingerprint density at radius 1 is 1.10 bits per heavy atom. The molecule has 30 heavy (non-hydrogen) atoms. The van der Waals surface area contributed by atoms with Crippen LogP contribution in [0.2, 0.25) is 0 Å². The molecule has 0 atom stereocenters. The van der Waals surface area contributed by atoms with Crippen molar-refractivity contribution >= 4 is 34.0 Å². The van der Waals surface area contributed by atoms with Crippen molar-refractivity contribution in [2.24, 2.45) is 14.1 Å². The van der Waals surface area contributed by atoms with Gasteiger partial charge in [-0.2, -0.15) is 0 Å². The fourth-order valence-electron chi connectivity index (χ4n) is 3.54. The summed E-state index contributed by atoms with van der Waals surface area (Å²) in [6.45, 7) is 1.67. The topological polar surface area (TPSA) is 88.9 Å². The number of fused-ring (bicyclic) bond motifs is 2. The van der Waals surface area contributed by atoms with Crippen LogP contribution >= 0.6 is 11.8 Å². The summed E-state index contributed by atoms with van der Waals surface area (Å²) in [7, 11) is 5.08. The number of methoxy groups -OCH3 is 1.